The van der Waals surface area contributed by atoms with Crippen molar-refractivity contribution >= 4 is 34.5 Å². The van der Waals surface area contributed by atoms with Crippen molar-refractivity contribution in [2.24, 2.45) is 5.10 Å². The van der Waals surface area contributed by atoms with E-state index in [2.05, 4.69) is 10.5 Å². The van der Waals surface area contributed by atoms with Crippen LogP contribution < -0.4 is 5.43 Å². The van der Waals surface area contributed by atoms with Gasteiger partial charge in [0.2, 0.25) is 5.91 Å². The number of rotatable bonds is 4. The Morgan fingerprint density at radius 3 is 2.57 bits per heavy atom. The standard InChI is InChI=1S/C19H15ClN2O/c20-17-10-8-14(9-11-17)13-21-22-19(23)12-16-6-3-5-15-4-1-2-7-18(15)16/h1-11,13H,12H2,(H,22,23)/b21-13+. The van der Waals surface area contributed by atoms with E-state index in [9.17, 15) is 4.79 Å². The maximum Gasteiger partial charge on any atom is 0.244 e. The minimum Gasteiger partial charge on any atom is -0.273 e. The molecule has 0 fully saturated rings. The molecule has 4 heteroatoms. The number of amides is 1. The molecule has 0 bridgehead atoms. The van der Waals surface area contributed by atoms with Gasteiger partial charge in [0.15, 0.2) is 0 Å². The van der Waals surface area contributed by atoms with E-state index < -0.39 is 0 Å². The first kappa shape index (κ1) is 15.3. The smallest absolute Gasteiger partial charge is 0.244 e. The van der Waals surface area contributed by atoms with Crippen LogP contribution in [0.5, 0.6) is 0 Å². The lowest BCUT2D eigenvalue weighted by Crippen LogP contribution is -2.19. The third-order valence-corrected chi connectivity index (χ3v) is 3.76. The van der Waals surface area contributed by atoms with Crippen LogP contribution in [0.1, 0.15) is 11.1 Å². The Bertz CT molecular complexity index is 851. The molecule has 23 heavy (non-hydrogen) atoms. The van der Waals surface area contributed by atoms with E-state index in [1.165, 1.54) is 0 Å². The lowest BCUT2D eigenvalue weighted by atomic mass is 10.0. The third kappa shape index (κ3) is 3.96. The molecular weight excluding hydrogens is 308 g/mol. The molecule has 0 saturated heterocycles. The second-order valence-corrected chi connectivity index (χ2v) is 5.60. The predicted octanol–water partition coefficient (Wildman–Crippen LogP) is 4.19. The van der Waals surface area contributed by atoms with Crippen LogP contribution in [-0.4, -0.2) is 12.1 Å². The number of hydrogen-bond donors (Lipinski definition) is 1. The Kier molecular flexibility index (Phi) is 4.69. The first-order valence-corrected chi connectivity index (χ1v) is 7.64. The van der Waals surface area contributed by atoms with E-state index in [0.717, 1.165) is 21.9 Å². The van der Waals surface area contributed by atoms with Gasteiger partial charge in [-0.2, -0.15) is 5.10 Å². The minimum atomic E-state index is -0.147. The lowest BCUT2D eigenvalue weighted by Gasteiger charge is -2.05. The van der Waals surface area contributed by atoms with Crippen molar-refractivity contribution in [1.82, 2.24) is 5.43 Å². The number of benzene rings is 3. The monoisotopic (exact) mass is 322 g/mol. The molecule has 114 valence electrons. The maximum absolute atomic E-state index is 12.1. The number of fused-ring (bicyclic) bond motifs is 1. The largest absolute Gasteiger partial charge is 0.273 e. The van der Waals surface area contributed by atoms with Crippen LogP contribution >= 0.6 is 11.6 Å². The molecule has 1 N–H and O–H groups in total. The van der Waals surface area contributed by atoms with Gasteiger partial charge < -0.3 is 0 Å². The van der Waals surface area contributed by atoms with Crippen LogP contribution in [0.4, 0.5) is 0 Å². The number of nitrogens with one attached hydrogen (secondary N) is 1. The van der Waals surface area contributed by atoms with Gasteiger partial charge in [-0.3, -0.25) is 4.79 Å². The Labute approximate surface area is 139 Å². The molecule has 0 spiro atoms. The maximum atomic E-state index is 12.1. The average molecular weight is 323 g/mol. The summed E-state index contributed by atoms with van der Waals surface area (Å²) in [6, 6.07) is 21.2. The summed E-state index contributed by atoms with van der Waals surface area (Å²) >= 11 is 5.82. The van der Waals surface area contributed by atoms with Gasteiger partial charge in [-0.15, -0.1) is 0 Å². The number of carbonyl (C=O) groups is 1. The summed E-state index contributed by atoms with van der Waals surface area (Å²) in [6.07, 6.45) is 1.89. The SMILES string of the molecule is O=C(Cc1cccc2ccccc12)N/N=C/c1ccc(Cl)cc1. The van der Waals surface area contributed by atoms with Crippen LogP contribution in [0.15, 0.2) is 71.8 Å². The van der Waals surface area contributed by atoms with Crippen LogP contribution in [-0.2, 0) is 11.2 Å². The van der Waals surface area contributed by atoms with Crippen molar-refractivity contribution in [3.63, 3.8) is 0 Å². The molecule has 3 rings (SSSR count). The molecular formula is C19H15ClN2O. The zero-order valence-corrected chi connectivity index (χ0v) is 13.1. The molecule has 1 amide bonds. The highest BCUT2D eigenvalue weighted by Gasteiger charge is 2.05. The van der Waals surface area contributed by atoms with Crippen molar-refractivity contribution in [2.75, 3.05) is 0 Å². The number of hydrogen-bond acceptors (Lipinski definition) is 2. The van der Waals surface area contributed by atoms with Gasteiger partial charge in [-0.25, -0.2) is 5.43 Å². The number of nitrogens with zero attached hydrogens (tertiary/aromatic N) is 1. The van der Waals surface area contributed by atoms with Gasteiger partial charge in [-0.05, 0) is 34.0 Å². The van der Waals surface area contributed by atoms with E-state index in [0.29, 0.717) is 11.4 Å². The third-order valence-electron chi connectivity index (χ3n) is 3.50. The highest BCUT2D eigenvalue weighted by molar-refractivity contribution is 6.30. The Hall–Kier alpha value is -2.65. The fraction of sp³-hybridized carbons (Fsp3) is 0.0526. The zero-order valence-electron chi connectivity index (χ0n) is 12.4. The van der Waals surface area contributed by atoms with Crippen molar-refractivity contribution in [3.8, 4) is 0 Å². The van der Waals surface area contributed by atoms with E-state index in [4.69, 9.17) is 11.6 Å². The molecule has 0 aliphatic heterocycles. The molecule has 0 unspecified atom stereocenters. The quantitative estimate of drug-likeness (QED) is 0.568. The molecule has 0 radical (unpaired) electrons. The van der Waals surface area contributed by atoms with Crippen LogP contribution in [0, 0.1) is 0 Å². The van der Waals surface area contributed by atoms with Crippen LogP contribution in [0.25, 0.3) is 10.8 Å². The van der Waals surface area contributed by atoms with Crippen molar-refractivity contribution in [3.05, 3.63) is 82.9 Å². The van der Waals surface area contributed by atoms with Gasteiger partial charge in [0.05, 0.1) is 12.6 Å². The Morgan fingerprint density at radius 2 is 1.74 bits per heavy atom. The van der Waals surface area contributed by atoms with E-state index in [1.54, 1.807) is 18.3 Å². The molecule has 0 aromatic heterocycles. The molecule has 0 atom stereocenters. The Morgan fingerprint density at radius 1 is 1.00 bits per heavy atom. The van der Waals surface area contributed by atoms with Crippen molar-refractivity contribution < 1.29 is 4.79 Å². The number of carbonyl (C=O) groups excluding carboxylic acids is 1. The second kappa shape index (κ2) is 7.07. The lowest BCUT2D eigenvalue weighted by molar-refractivity contribution is -0.120. The summed E-state index contributed by atoms with van der Waals surface area (Å²) < 4.78 is 0. The summed E-state index contributed by atoms with van der Waals surface area (Å²) in [5.41, 5.74) is 4.42. The van der Waals surface area contributed by atoms with E-state index in [-0.39, 0.29) is 5.91 Å². The van der Waals surface area contributed by atoms with Crippen LogP contribution in [0.3, 0.4) is 0 Å². The average Bonchev–Trinajstić information content (AvgIpc) is 2.57. The molecule has 0 heterocycles. The highest BCUT2D eigenvalue weighted by atomic mass is 35.5. The number of hydrazone groups is 1. The first-order valence-electron chi connectivity index (χ1n) is 7.26. The molecule has 0 saturated carbocycles. The minimum absolute atomic E-state index is 0.147. The molecule has 3 aromatic carbocycles. The predicted molar refractivity (Wildman–Crippen MR) is 94.8 cm³/mol. The molecule has 3 aromatic rings. The fourth-order valence-corrected chi connectivity index (χ4v) is 2.51. The second-order valence-electron chi connectivity index (χ2n) is 5.16. The van der Waals surface area contributed by atoms with Crippen molar-refractivity contribution in [2.45, 2.75) is 6.42 Å². The Balaban J connectivity index is 1.66. The molecule has 0 aliphatic rings. The summed E-state index contributed by atoms with van der Waals surface area (Å²) in [4.78, 5) is 12.1. The highest BCUT2D eigenvalue weighted by Crippen LogP contribution is 2.18. The van der Waals surface area contributed by atoms with E-state index in [1.807, 2.05) is 54.6 Å². The van der Waals surface area contributed by atoms with Crippen molar-refractivity contribution in [1.29, 1.82) is 0 Å². The summed E-state index contributed by atoms with van der Waals surface area (Å²) in [5, 5.41) is 6.87. The number of halogens is 1. The van der Waals surface area contributed by atoms with Gasteiger partial charge in [0, 0.05) is 5.02 Å². The molecule has 0 aliphatic carbocycles. The van der Waals surface area contributed by atoms with Gasteiger partial charge >= 0.3 is 0 Å². The summed E-state index contributed by atoms with van der Waals surface area (Å²) in [5.74, 6) is -0.147. The zero-order chi connectivity index (χ0) is 16.1. The van der Waals surface area contributed by atoms with Gasteiger partial charge in [0.25, 0.3) is 0 Å². The topological polar surface area (TPSA) is 41.5 Å². The first-order chi connectivity index (χ1) is 11.2. The van der Waals surface area contributed by atoms with Gasteiger partial charge in [-0.1, -0.05) is 66.2 Å². The summed E-state index contributed by atoms with van der Waals surface area (Å²) in [7, 11) is 0. The molecule has 3 nitrogen and oxygen atoms in total. The van der Waals surface area contributed by atoms with Crippen LogP contribution in [0.2, 0.25) is 5.02 Å². The van der Waals surface area contributed by atoms with E-state index >= 15 is 0 Å². The normalized spacial score (nSPS) is 11.0. The fourth-order valence-electron chi connectivity index (χ4n) is 2.39. The summed E-state index contributed by atoms with van der Waals surface area (Å²) in [6.45, 7) is 0. The van der Waals surface area contributed by atoms with Gasteiger partial charge in [0.1, 0.15) is 0 Å².